The van der Waals surface area contributed by atoms with E-state index >= 15 is 0 Å². The molecule has 8 nitrogen and oxygen atoms in total. The maximum atomic E-state index is 13.1. The third-order valence-corrected chi connectivity index (χ3v) is 5.18. The van der Waals surface area contributed by atoms with Crippen molar-refractivity contribution < 1.29 is 9.53 Å². The SMILES string of the molecule is C=C(/C=C\C=C/C)[C@@H]1CC=NN1C(=O)C1CCN(c2cc(OC)nc(N)n2)CC1. The number of allylic oxidation sites excluding steroid dienone is 3. The minimum Gasteiger partial charge on any atom is -0.481 e. The van der Waals surface area contributed by atoms with Crippen molar-refractivity contribution in [3.05, 3.63) is 42.5 Å². The Balaban J connectivity index is 1.61. The molecule has 0 unspecified atom stereocenters. The van der Waals surface area contributed by atoms with Gasteiger partial charge in [-0.15, -0.1) is 0 Å². The lowest BCUT2D eigenvalue weighted by molar-refractivity contribution is -0.137. The van der Waals surface area contributed by atoms with Crippen molar-refractivity contribution in [2.24, 2.45) is 11.0 Å². The Morgan fingerprint density at radius 1 is 1.31 bits per heavy atom. The summed E-state index contributed by atoms with van der Waals surface area (Å²) in [5.74, 6) is 1.32. The summed E-state index contributed by atoms with van der Waals surface area (Å²) in [6, 6.07) is 1.66. The first kappa shape index (κ1) is 20.6. The zero-order valence-corrected chi connectivity index (χ0v) is 17.0. The van der Waals surface area contributed by atoms with Crippen LogP contribution in [0, 0.1) is 5.92 Å². The second-order valence-corrected chi connectivity index (χ2v) is 7.08. The van der Waals surface area contributed by atoms with Gasteiger partial charge >= 0.3 is 0 Å². The van der Waals surface area contributed by atoms with Crippen LogP contribution in [0.3, 0.4) is 0 Å². The maximum absolute atomic E-state index is 13.1. The number of ether oxygens (including phenoxy) is 1. The number of carbonyl (C=O) groups excluding carboxylic acids is 1. The highest BCUT2D eigenvalue weighted by Crippen LogP contribution is 2.28. The number of carbonyl (C=O) groups is 1. The normalized spacial score (nSPS) is 20.1. The lowest BCUT2D eigenvalue weighted by Crippen LogP contribution is -2.43. The Morgan fingerprint density at radius 3 is 2.76 bits per heavy atom. The average Bonchev–Trinajstić information content (AvgIpc) is 3.23. The zero-order chi connectivity index (χ0) is 20.8. The highest BCUT2D eigenvalue weighted by Gasteiger charge is 2.35. The molecule has 2 N–H and O–H groups in total. The van der Waals surface area contributed by atoms with Crippen molar-refractivity contribution in [1.29, 1.82) is 0 Å². The van der Waals surface area contributed by atoms with Gasteiger partial charge in [-0.25, -0.2) is 5.01 Å². The molecule has 0 bridgehead atoms. The predicted molar refractivity (Wildman–Crippen MR) is 115 cm³/mol. The monoisotopic (exact) mass is 396 g/mol. The molecule has 2 aliphatic heterocycles. The van der Waals surface area contributed by atoms with Gasteiger partial charge in [0.25, 0.3) is 0 Å². The summed E-state index contributed by atoms with van der Waals surface area (Å²) >= 11 is 0. The molecular formula is C21H28N6O2. The molecule has 29 heavy (non-hydrogen) atoms. The second kappa shape index (κ2) is 9.36. The van der Waals surface area contributed by atoms with Crippen molar-refractivity contribution in [3.63, 3.8) is 0 Å². The van der Waals surface area contributed by atoms with Crippen molar-refractivity contribution in [3.8, 4) is 5.88 Å². The molecular weight excluding hydrogens is 368 g/mol. The molecule has 0 aromatic carbocycles. The fraction of sp³-hybridized carbons (Fsp3) is 0.429. The quantitative estimate of drug-likeness (QED) is 0.742. The fourth-order valence-electron chi connectivity index (χ4n) is 3.57. The predicted octanol–water partition coefficient (Wildman–Crippen LogP) is 2.56. The highest BCUT2D eigenvalue weighted by molar-refractivity contribution is 5.82. The number of piperidine rings is 1. The Hall–Kier alpha value is -3.16. The van der Waals surface area contributed by atoms with E-state index in [1.165, 1.54) is 0 Å². The standard InChI is InChI=1S/C21H28N6O2/c1-4-5-6-7-15(2)17-8-11-23-27(17)20(28)16-9-12-26(13-10-16)18-14-19(29-3)25-21(22)24-18/h4-7,11,14,16-17H,2,8-10,12-13H2,1,3H3,(H2,22,24,25)/b5-4-,7-6-/t17-/m0/s1. The number of hydrogen-bond acceptors (Lipinski definition) is 7. The van der Waals surface area contributed by atoms with Crippen LogP contribution in [0.25, 0.3) is 0 Å². The third kappa shape index (κ3) is 4.82. The van der Waals surface area contributed by atoms with Gasteiger partial charge in [0.2, 0.25) is 17.7 Å². The lowest BCUT2D eigenvalue weighted by atomic mass is 9.94. The van der Waals surface area contributed by atoms with Gasteiger partial charge in [-0.3, -0.25) is 4.79 Å². The molecule has 1 aromatic rings. The molecule has 1 atom stereocenters. The van der Waals surface area contributed by atoms with E-state index in [-0.39, 0.29) is 23.8 Å². The summed E-state index contributed by atoms with van der Waals surface area (Å²) < 4.78 is 5.17. The third-order valence-electron chi connectivity index (χ3n) is 5.18. The number of methoxy groups -OCH3 is 1. The number of anilines is 2. The molecule has 154 valence electrons. The maximum Gasteiger partial charge on any atom is 0.246 e. The van der Waals surface area contributed by atoms with Gasteiger partial charge in [-0.1, -0.05) is 30.9 Å². The van der Waals surface area contributed by atoms with E-state index in [0.717, 1.165) is 24.2 Å². The molecule has 0 spiro atoms. The number of hydrazone groups is 1. The van der Waals surface area contributed by atoms with Gasteiger partial charge in [-0.05, 0) is 25.3 Å². The Kier molecular flexibility index (Phi) is 6.64. The Labute approximate surface area is 171 Å². The van der Waals surface area contributed by atoms with Crippen molar-refractivity contribution in [2.75, 3.05) is 30.8 Å². The molecule has 1 saturated heterocycles. The Bertz CT molecular complexity index is 840. The first-order valence-electron chi connectivity index (χ1n) is 9.80. The lowest BCUT2D eigenvalue weighted by Gasteiger charge is -2.34. The minimum atomic E-state index is -0.104. The van der Waals surface area contributed by atoms with Gasteiger partial charge in [0.05, 0.1) is 13.2 Å². The van der Waals surface area contributed by atoms with Crippen LogP contribution in [-0.2, 0) is 4.79 Å². The largest absolute Gasteiger partial charge is 0.481 e. The van der Waals surface area contributed by atoms with Crippen LogP contribution >= 0.6 is 0 Å². The van der Waals surface area contributed by atoms with Crippen molar-refractivity contribution >= 4 is 23.9 Å². The second-order valence-electron chi connectivity index (χ2n) is 7.08. The van der Waals surface area contributed by atoms with E-state index < -0.39 is 0 Å². The van der Waals surface area contributed by atoms with E-state index in [1.54, 1.807) is 24.4 Å². The number of nitrogens with two attached hydrogens (primary N) is 1. The van der Waals surface area contributed by atoms with E-state index in [4.69, 9.17) is 10.5 Å². The number of amides is 1. The van der Waals surface area contributed by atoms with Crippen LogP contribution in [-0.4, -0.2) is 53.3 Å². The van der Waals surface area contributed by atoms with Crippen LogP contribution in [0.1, 0.15) is 26.2 Å². The van der Waals surface area contributed by atoms with E-state index in [0.29, 0.717) is 25.4 Å². The van der Waals surface area contributed by atoms with Gasteiger partial charge in [0, 0.05) is 37.7 Å². The topological polar surface area (TPSA) is 96.9 Å². The summed E-state index contributed by atoms with van der Waals surface area (Å²) in [7, 11) is 1.55. The molecule has 1 amide bonds. The van der Waals surface area contributed by atoms with Crippen LogP contribution in [0.5, 0.6) is 5.88 Å². The number of hydrogen-bond donors (Lipinski definition) is 1. The number of rotatable bonds is 6. The van der Waals surface area contributed by atoms with E-state index in [9.17, 15) is 4.79 Å². The molecule has 0 aliphatic carbocycles. The molecule has 2 aliphatic rings. The van der Waals surface area contributed by atoms with E-state index in [1.807, 2.05) is 31.2 Å². The summed E-state index contributed by atoms with van der Waals surface area (Å²) in [6.45, 7) is 7.50. The van der Waals surface area contributed by atoms with Crippen molar-refractivity contribution in [2.45, 2.75) is 32.2 Å². The summed E-state index contributed by atoms with van der Waals surface area (Å²) in [5, 5.41) is 5.94. The van der Waals surface area contributed by atoms with Crippen molar-refractivity contribution in [1.82, 2.24) is 15.0 Å². The zero-order valence-electron chi connectivity index (χ0n) is 17.0. The molecule has 8 heteroatoms. The molecule has 1 fully saturated rings. The smallest absolute Gasteiger partial charge is 0.246 e. The molecule has 3 rings (SSSR count). The van der Waals surface area contributed by atoms with Gasteiger partial charge in [0.15, 0.2) is 0 Å². The minimum absolute atomic E-state index is 0.0590. The first-order valence-corrected chi connectivity index (χ1v) is 9.80. The molecule has 1 aromatic heterocycles. The Morgan fingerprint density at radius 2 is 2.07 bits per heavy atom. The van der Waals surface area contributed by atoms with Crippen LogP contribution in [0.4, 0.5) is 11.8 Å². The van der Waals surface area contributed by atoms with Crippen LogP contribution < -0.4 is 15.4 Å². The van der Waals surface area contributed by atoms with Gasteiger partial charge in [-0.2, -0.15) is 15.1 Å². The van der Waals surface area contributed by atoms with Gasteiger partial charge in [0.1, 0.15) is 5.82 Å². The molecule has 0 radical (unpaired) electrons. The van der Waals surface area contributed by atoms with Crippen LogP contribution in [0.2, 0.25) is 0 Å². The molecule has 0 saturated carbocycles. The number of nitrogen functional groups attached to an aromatic ring is 1. The summed E-state index contributed by atoms with van der Waals surface area (Å²) in [6.07, 6.45) is 11.7. The summed E-state index contributed by atoms with van der Waals surface area (Å²) in [4.78, 5) is 23.5. The van der Waals surface area contributed by atoms with Gasteiger partial charge < -0.3 is 15.4 Å². The molecule has 3 heterocycles. The highest BCUT2D eigenvalue weighted by atomic mass is 16.5. The van der Waals surface area contributed by atoms with Crippen LogP contribution in [0.15, 0.2) is 47.6 Å². The summed E-state index contributed by atoms with van der Waals surface area (Å²) in [5.41, 5.74) is 6.65. The fourth-order valence-corrected chi connectivity index (χ4v) is 3.57. The number of aromatic nitrogens is 2. The first-order chi connectivity index (χ1) is 14.0. The average molecular weight is 396 g/mol. The number of nitrogens with zero attached hydrogens (tertiary/aromatic N) is 5. The van der Waals surface area contributed by atoms with E-state index in [2.05, 4.69) is 26.5 Å².